The number of nitro groups is 1. The zero-order valence-corrected chi connectivity index (χ0v) is 15.2. The van der Waals surface area contributed by atoms with Crippen LogP contribution in [-0.4, -0.2) is 59.0 Å². The number of rotatable bonds is 4. The molecule has 0 radical (unpaired) electrons. The van der Waals surface area contributed by atoms with Gasteiger partial charge < -0.3 is 29.4 Å². The molecule has 0 aliphatic carbocycles. The largest absolute Gasteiger partial charge is 0.462 e. The van der Waals surface area contributed by atoms with Crippen molar-refractivity contribution in [2.24, 2.45) is 0 Å². The van der Waals surface area contributed by atoms with Crippen LogP contribution < -0.4 is 10.1 Å². The first-order valence-electron chi connectivity index (χ1n) is 8.50. The molecule has 1 aromatic rings. The topological polar surface area (TPSA) is 129 Å². The van der Waals surface area contributed by atoms with Crippen molar-refractivity contribution in [3.63, 3.8) is 0 Å². The molecule has 2 aliphatic rings. The molecule has 0 aromatic heterocycles. The molecular weight excluding hydrogens is 360 g/mol. The van der Waals surface area contributed by atoms with Crippen LogP contribution in [0, 0.1) is 10.1 Å². The molecule has 3 rings (SSSR count). The Kier molecular flexibility index (Phi) is 5.33. The zero-order valence-electron chi connectivity index (χ0n) is 15.2. The average Bonchev–Trinajstić information content (AvgIpc) is 2.59. The average molecular weight is 382 g/mol. The number of nitrogens with one attached hydrogen (secondary N) is 1. The number of aliphatic hydroxyl groups excluding tert-OH is 1. The molecule has 2 aliphatic heterocycles. The Bertz CT molecular complexity index is 725. The van der Waals surface area contributed by atoms with E-state index < -0.39 is 41.4 Å². The summed E-state index contributed by atoms with van der Waals surface area (Å²) in [6.07, 6.45) is -3.56. The third-order valence-corrected chi connectivity index (χ3v) is 4.34. The quantitative estimate of drug-likeness (QED) is 0.575. The fraction of sp³-hybridized carbons (Fsp3) is 0.588. The Balaban J connectivity index is 1.83. The molecule has 10 heteroatoms. The highest BCUT2D eigenvalue weighted by molar-refractivity contribution is 5.73. The SMILES string of the molecule is CC(=O)N[C@H]1[C@@H](Oc2cccc([N+](=O)[O-])c2)O[C@@H]2COC(C)(C)O[C@@H]2[C@@H]1O. The first-order valence-corrected chi connectivity index (χ1v) is 8.50. The number of fused-ring (bicyclic) bond motifs is 1. The number of carbonyl (C=O) groups is 1. The second kappa shape index (κ2) is 7.39. The lowest BCUT2D eigenvalue weighted by molar-refractivity contribution is -0.385. The third-order valence-electron chi connectivity index (χ3n) is 4.34. The minimum atomic E-state index is -1.13. The molecule has 10 nitrogen and oxygen atoms in total. The highest BCUT2D eigenvalue weighted by Crippen LogP contribution is 2.33. The van der Waals surface area contributed by atoms with Crippen LogP contribution in [0.3, 0.4) is 0 Å². The third kappa shape index (κ3) is 4.35. The lowest BCUT2D eigenvalue weighted by Crippen LogP contribution is -2.69. The Hall–Kier alpha value is -2.27. The van der Waals surface area contributed by atoms with Gasteiger partial charge in [0.15, 0.2) is 5.79 Å². The molecule has 0 spiro atoms. The number of non-ortho nitro benzene ring substituents is 1. The molecule has 148 valence electrons. The van der Waals surface area contributed by atoms with Crippen LogP contribution >= 0.6 is 0 Å². The van der Waals surface area contributed by atoms with Crippen LogP contribution in [0.2, 0.25) is 0 Å². The smallest absolute Gasteiger partial charge is 0.273 e. The highest BCUT2D eigenvalue weighted by Gasteiger charge is 2.52. The summed E-state index contributed by atoms with van der Waals surface area (Å²) in [5, 5.41) is 24.3. The van der Waals surface area contributed by atoms with Crippen molar-refractivity contribution >= 4 is 11.6 Å². The van der Waals surface area contributed by atoms with Gasteiger partial charge in [-0.25, -0.2) is 0 Å². The summed E-state index contributed by atoms with van der Waals surface area (Å²) in [4.78, 5) is 22.0. The summed E-state index contributed by atoms with van der Waals surface area (Å²) >= 11 is 0. The fourth-order valence-corrected chi connectivity index (χ4v) is 3.14. The summed E-state index contributed by atoms with van der Waals surface area (Å²) in [6.45, 7) is 4.90. The van der Waals surface area contributed by atoms with Crippen molar-refractivity contribution in [2.45, 2.75) is 57.2 Å². The van der Waals surface area contributed by atoms with E-state index in [1.54, 1.807) is 13.8 Å². The zero-order chi connectivity index (χ0) is 19.8. The van der Waals surface area contributed by atoms with Gasteiger partial charge in [0, 0.05) is 13.0 Å². The molecule has 1 amide bonds. The summed E-state index contributed by atoms with van der Waals surface area (Å²) in [6, 6.07) is 4.63. The van der Waals surface area contributed by atoms with Crippen molar-refractivity contribution in [3.8, 4) is 5.75 Å². The van der Waals surface area contributed by atoms with Crippen LogP contribution in [-0.2, 0) is 19.0 Å². The molecule has 27 heavy (non-hydrogen) atoms. The monoisotopic (exact) mass is 382 g/mol. The van der Waals surface area contributed by atoms with Crippen molar-refractivity contribution in [3.05, 3.63) is 34.4 Å². The fourth-order valence-electron chi connectivity index (χ4n) is 3.14. The molecular formula is C17H22N2O8. The van der Waals surface area contributed by atoms with Crippen molar-refractivity contribution in [1.82, 2.24) is 5.32 Å². The van der Waals surface area contributed by atoms with Gasteiger partial charge in [0.05, 0.1) is 17.6 Å². The van der Waals surface area contributed by atoms with Crippen LogP contribution in [0.4, 0.5) is 5.69 Å². The van der Waals surface area contributed by atoms with E-state index in [1.807, 2.05) is 0 Å². The molecule has 2 heterocycles. The number of carbonyl (C=O) groups excluding carboxylic acids is 1. The van der Waals surface area contributed by atoms with Gasteiger partial charge in [0.1, 0.15) is 30.1 Å². The van der Waals surface area contributed by atoms with Crippen molar-refractivity contribution < 1.29 is 33.8 Å². The normalized spacial score (nSPS) is 32.2. The van der Waals surface area contributed by atoms with Gasteiger partial charge in [-0.3, -0.25) is 14.9 Å². The maximum absolute atomic E-state index is 11.6. The number of aliphatic hydroxyl groups is 1. The van der Waals surface area contributed by atoms with Gasteiger partial charge in [0.25, 0.3) is 5.69 Å². The summed E-state index contributed by atoms with van der Waals surface area (Å²) < 4.78 is 22.9. The van der Waals surface area contributed by atoms with Gasteiger partial charge in [-0.05, 0) is 19.9 Å². The van der Waals surface area contributed by atoms with E-state index in [0.717, 1.165) is 0 Å². The Labute approximate surface area is 155 Å². The number of amides is 1. The minimum absolute atomic E-state index is 0.149. The van der Waals surface area contributed by atoms with Crippen LogP contribution in [0.1, 0.15) is 20.8 Å². The van der Waals surface area contributed by atoms with Gasteiger partial charge in [-0.15, -0.1) is 0 Å². The second-order valence-corrected chi connectivity index (χ2v) is 6.93. The number of nitrogens with zero attached hydrogens (tertiary/aromatic N) is 1. The maximum atomic E-state index is 11.6. The predicted octanol–water partition coefficient (Wildman–Crippen LogP) is 0.716. The number of hydrogen-bond donors (Lipinski definition) is 2. The first kappa shape index (κ1) is 19.5. The second-order valence-electron chi connectivity index (χ2n) is 6.93. The Morgan fingerprint density at radius 3 is 2.85 bits per heavy atom. The maximum Gasteiger partial charge on any atom is 0.273 e. The Morgan fingerprint density at radius 1 is 1.44 bits per heavy atom. The molecule has 0 saturated carbocycles. The van der Waals surface area contributed by atoms with Gasteiger partial charge in [-0.1, -0.05) is 6.07 Å². The van der Waals surface area contributed by atoms with E-state index in [2.05, 4.69) is 5.32 Å². The van der Waals surface area contributed by atoms with Gasteiger partial charge >= 0.3 is 0 Å². The summed E-state index contributed by atoms with van der Waals surface area (Å²) in [5.74, 6) is -1.12. The van der Waals surface area contributed by atoms with Crippen molar-refractivity contribution in [2.75, 3.05) is 6.61 Å². The number of benzene rings is 1. The molecule has 0 bridgehead atoms. The first-order chi connectivity index (χ1) is 12.7. The molecule has 2 N–H and O–H groups in total. The van der Waals surface area contributed by atoms with Crippen LogP contribution in [0.15, 0.2) is 24.3 Å². The number of hydrogen-bond acceptors (Lipinski definition) is 8. The van der Waals surface area contributed by atoms with Crippen molar-refractivity contribution in [1.29, 1.82) is 0 Å². The van der Waals surface area contributed by atoms with E-state index in [-0.39, 0.29) is 24.0 Å². The van der Waals surface area contributed by atoms with E-state index in [9.17, 15) is 20.0 Å². The number of nitro benzene ring substituents is 1. The molecule has 1 aromatic carbocycles. The van der Waals surface area contributed by atoms with E-state index in [1.165, 1.54) is 31.2 Å². The highest BCUT2D eigenvalue weighted by atomic mass is 16.8. The molecule has 5 atom stereocenters. The van der Waals surface area contributed by atoms with Gasteiger partial charge in [0.2, 0.25) is 12.2 Å². The molecule has 2 fully saturated rings. The summed E-state index contributed by atoms with van der Waals surface area (Å²) in [7, 11) is 0. The predicted molar refractivity (Wildman–Crippen MR) is 90.9 cm³/mol. The summed E-state index contributed by atoms with van der Waals surface area (Å²) in [5.41, 5.74) is -0.149. The lowest BCUT2D eigenvalue weighted by Gasteiger charge is -2.49. The lowest BCUT2D eigenvalue weighted by atomic mass is 9.95. The minimum Gasteiger partial charge on any atom is -0.462 e. The van der Waals surface area contributed by atoms with Gasteiger partial charge in [-0.2, -0.15) is 0 Å². The molecule has 0 unspecified atom stereocenters. The van der Waals surface area contributed by atoms with E-state index >= 15 is 0 Å². The van der Waals surface area contributed by atoms with E-state index in [0.29, 0.717) is 0 Å². The number of ether oxygens (including phenoxy) is 4. The Morgan fingerprint density at radius 2 is 2.19 bits per heavy atom. The van der Waals surface area contributed by atoms with E-state index in [4.69, 9.17) is 18.9 Å². The standard InChI is InChI=1S/C17H22N2O8/c1-9(20)18-13-14(21)15-12(8-24-17(2,3)27-15)26-16(13)25-11-6-4-5-10(7-11)19(22)23/h4-7,12-16,21H,8H2,1-3H3,(H,18,20)/t12-,13-,14-,15+,16+/m1/s1. The van der Waals surface area contributed by atoms with Crippen LogP contribution in [0.5, 0.6) is 5.75 Å². The van der Waals surface area contributed by atoms with Crippen LogP contribution in [0.25, 0.3) is 0 Å². The molecule has 2 saturated heterocycles.